The zero-order valence-corrected chi connectivity index (χ0v) is 16.3. The highest BCUT2D eigenvalue weighted by molar-refractivity contribution is 7.92. The lowest BCUT2D eigenvalue weighted by Gasteiger charge is -2.38. The van der Waals surface area contributed by atoms with Crippen molar-refractivity contribution in [3.05, 3.63) is 53.6 Å². The number of hydrogen-bond donors (Lipinski definition) is 2. The smallest absolute Gasteiger partial charge is 0.322 e. The number of carbonyl (C=O) groups excluding carboxylic acids is 1. The Bertz CT molecular complexity index is 953. The molecule has 2 amide bonds. The quantitative estimate of drug-likeness (QED) is 0.823. The summed E-state index contributed by atoms with van der Waals surface area (Å²) in [4.78, 5) is 14.1. The lowest BCUT2D eigenvalue weighted by atomic mass is 10.1. The van der Waals surface area contributed by atoms with E-state index in [2.05, 4.69) is 10.0 Å². The molecule has 1 aliphatic heterocycles. The molecule has 1 aliphatic rings. The average Bonchev–Trinajstić information content (AvgIpc) is 2.52. The van der Waals surface area contributed by atoms with Crippen molar-refractivity contribution in [3.8, 4) is 5.75 Å². The van der Waals surface area contributed by atoms with Crippen LogP contribution in [0.5, 0.6) is 5.75 Å². The molecule has 2 N–H and O–H groups in total. The Kier molecular flexibility index (Phi) is 5.27. The number of carbonyl (C=O) groups is 1. The Hall–Kier alpha value is -2.74. The minimum atomic E-state index is -3.37. The standard InChI is InChI=1S/C19H23N3O4S/c1-13-5-4-6-16(9-13)26-17-11-22(12-17)19(23)20-18-10-15(8-7-14(18)2)21-27(3,24)25/h4-10,17,21H,11-12H2,1-3H3,(H,20,23). The van der Waals surface area contributed by atoms with Gasteiger partial charge in [-0.15, -0.1) is 0 Å². The van der Waals surface area contributed by atoms with E-state index in [1.807, 2.05) is 38.1 Å². The Labute approximate surface area is 159 Å². The molecule has 8 heteroatoms. The van der Waals surface area contributed by atoms with Crippen LogP contribution < -0.4 is 14.8 Å². The molecule has 144 valence electrons. The third-order valence-electron chi connectivity index (χ3n) is 4.21. The summed E-state index contributed by atoms with van der Waals surface area (Å²) in [6.07, 6.45) is 1.05. The molecule has 0 spiro atoms. The number of likely N-dealkylation sites (tertiary alicyclic amines) is 1. The monoisotopic (exact) mass is 389 g/mol. The Morgan fingerprint density at radius 2 is 1.89 bits per heavy atom. The van der Waals surface area contributed by atoms with Crippen molar-refractivity contribution in [2.45, 2.75) is 20.0 Å². The minimum Gasteiger partial charge on any atom is -0.487 e. The molecular formula is C19H23N3O4S. The van der Waals surface area contributed by atoms with Gasteiger partial charge < -0.3 is 15.0 Å². The molecule has 7 nitrogen and oxygen atoms in total. The van der Waals surface area contributed by atoms with Gasteiger partial charge in [-0.25, -0.2) is 13.2 Å². The van der Waals surface area contributed by atoms with Gasteiger partial charge in [0.25, 0.3) is 0 Å². The van der Waals surface area contributed by atoms with Crippen LogP contribution in [-0.4, -0.2) is 44.8 Å². The first-order valence-electron chi connectivity index (χ1n) is 8.57. The van der Waals surface area contributed by atoms with Crippen molar-refractivity contribution in [2.75, 3.05) is 29.4 Å². The average molecular weight is 389 g/mol. The van der Waals surface area contributed by atoms with Gasteiger partial charge in [-0.3, -0.25) is 4.72 Å². The summed E-state index contributed by atoms with van der Waals surface area (Å²) in [5.41, 5.74) is 2.94. The molecule has 0 saturated carbocycles. The number of amides is 2. The first kappa shape index (κ1) is 19.0. The molecule has 0 aliphatic carbocycles. The van der Waals surface area contributed by atoms with Crippen molar-refractivity contribution in [1.29, 1.82) is 0 Å². The van der Waals surface area contributed by atoms with Gasteiger partial charge in [0.05, 0.1) is 25.0 Å². The lowest BCUT2D eigenvalue weighted by molar-refractivity contribution is 0.0492. The zero-order chi connectivity index (χ0) is 19.6. The molecule has 0 atom stereocenters. The molecule has 27 heavy (non-hydrogen) atoms. The van der Waals surface area contributed by atoms with E-state index >= 15 is 0 Å². The van der Waals surface area contributed by atoms with Crippen LogP contribution in [-0.2, 0) is 10.0 Å². The molecule has 3 rings (SSSR count). The van der Waals surface area contributed by atoms with E-state index in [-0.39, 0.29) is 12.1 Å². The second-order valence-corrected chi connectivity index (χ2v) is 8.54. The minimum absolute atomic E-state index is 0.0307. The van der Waals surface area contributed by atoms with Gasteiger partial charge in [0, 0.05) is 5.69 Å². The number of nitrogens with one attached hydrogen (secondary N) is 2. The lowest BCUT2D eigenvalue weighted by Crippen LogP contribution is -2.57. The number of benzene rings is 2. The van der Waals surface area contributed by atoms with Gasteiger partial charge in [-0.1, -0.05) is 18.2 Å². The number of rotatable bonds is 5. The molecule has 0 bridgehead atoms. The third kappa shape index (κ3) is 5.13. The summed E-state index contributed by atoms with van der Waals surface area (Å²) in [6.45, 7) is 4.85. The van der Waals surface area contributed by atoms with E-state index in [0.717, 1.165) is 23.1 Å². The number of urea groups is 1. The van der Waals surface area contributed by atoms with Gasteiger partial charge in [-0.2, -0.15) is 0 Å². The molecule has 0 radical (unpaired) electrons. The molecule has 1 saturated heterocycles. The number of hydrogen-bond acceptors (Lipinski definition) is 4. The summed E-state index contributed by atoms with van der Waals surface area (Å²) in [6, 6.07) is 12.6. The fourth-order valence-corrected chi connectivity index (χ4v) is 3.34. The summed E-state index contributed by atoms with van der Waals surface area (Å²) < 4.78 is 31.0. The Morgan fingerprint density at radius 1 is 1.15 bits per heavy atom. The fraction of sp³-hybridized carbons (Fsp3) is 0.316. The molecule has 1 fully saturated rings. The molecule has 0 unspecified atom stereocenters. The summed E-state index contributed by atoms with van der Waals surface area (Å²) in [5, 5.41) is 2.83. The van der Waals surface area contributed by atoms with Crippen molar-refractivity contribution >= 4 is 27.4 Å². The molecule has 2 aromatic carbocycles. The van der Waals surface area contributed by atoms with Crippen LogP contribution in [0.15, 0.2) is 42.5 Å². The molecule has 2 aromatic rings. The largest absolute Gasteiger partial charge is 0.487 e. The van der Waals surface area contributed by atoms with Gasteiger partial charge in [-0.05, 0) is 49.2 Å². The zero-order valence-electron chi connectivity index (χ0n) is 15.5. The van der Waals surface area contributed by atoms with Crippen LogP contribution in [0, 0.1) is 13.8 Å². The highest BCUT2D eigenvalue weighted by Gasteiger charge is 2.32. The maximum absolute atomic E-state index is 12.4. The number of nitrogens with zero attached hydrogens (tertiary/aromatic N) is 1. The first-order chi connectivity index (χ1) is 12.7. The van der Waals surface area contributed by atoms with Crippen molar-refractivity contribution in [1.82, 2.24) is 4.90 Å². The number of ether oxygens (including phenoxy) is 1. The van der Waals surface area contributed by atoms with Crippen LogP contribution in [0.3, 0.4) is 0 Å². The van der Waals surface area contributed by atoms with Crippen LogP contribution in [0.4, 0.5) is 16.2 Å². The highest BCUT2D eigenvalue weighted by Crippen LogP contribution is 2.23. The van der Waals surface area contributed by atoms with Gasteiger partial charge in [0.15, 0.2) is 0 Å². The molecule has 0 aromatic heterocycles. The number of sulfonamides is 1. The van der Waals surface area contributed by atoms with Crippen LogP contribution in [0.25, 0.3) is 0 Å². The topological polar surface area (TPSA) is 87.7 Å². The van der Waals surface area contributed by atoms with Crippen LogP contribution >= 0.6 is 0 Å². The third-order valence-corrected chi connectivity index (χ3v) is 4.82. The first-order valence-corrected chi connectivity index (χ1v) is 10.5. The van der Waals surface area contributed by atoms with Crippen LogP contribution in [0.1, 0.15) is 11.1 Å². The predicted molar refractivity (Wildman–Crippen MR) is 106 cm³/mol. The van der Waals surface area contributed by atoms with E-state index in [9.17, 15) is 13.2 Å². The molecular weight excluding hydrogens is 366 g/mol. The van der Waals surface area contributed by atoms with Crippen LogP contribution in [0.2, 0.25) is 0 Å². The predicted octanol–water partition coefficient (Wildman–Crippen LogP) is 2.97. The second kappa shape index (κ2) is 7.48. The maximum Gasteiger partial charge on any atom is 0.322 e. The van der Waals surface area contributed by atoms with E-state index in [1.54, 1.807) is 23.1 Å². The molecule has 1 heterocycles. The normalized spacial score (nSPS) is 14.4. The Morgan fingerprint density at radius 3 is 2.56 bits per heavy atom. The van der Waals surface area contributed by atoms with Gasteiger partial charge in [0.2, 0.25) is 10.0 Å². The number of aryl methyl sites for hydroxylation is 2. The highest BCUT2D eigenvalue weighted by atomic mass is 32.2. The summed E-state index contributed by atoms with van der Waals surface area (Å²) in [7, 11) is -3.37. The maximum atomic E-state index is 12.4. The van der Waals surface area contributed by atoms with E-state index < -0.39 is 10.0 Å². The Balaban J connectivity index is 1.56. The summed E-state index contributed by atoms with van der Waals surface area (Å²) in [5.74, 6) is 0.801. The van der Waals surface area contributed by atoms with Crippen molar-refractivity contribution < 1.29 is 17.9 Å². The van der Waals surface area contributed by atoms with E-state index in [1.165, 1.54) is 0 Å². The van der Waals surface area contributed by atoms with Crippen molar-refractivity contribution in [3.63, 3.8) is 0 Å². The summed E-state index contributed by atoms with van der Waals surface area (Å²) >= 11 is 0. The second-order valence-electron chi connectivity index (χ2n) is 6.80. The fourth-order valence-electron chi connectivity index (χ4n) is 2.79. The van der Waals surface area contributed by atoms with E-state index in [4.69, 9.17) is 4.74 Å². The van der Waals surface area contributed by atoms with Crippen molar-refractivity contribution in [2.24, 2.45) is 0 Å². The van der Waals surface area contributed by atoms with Gasteiger partial charge >= 0.3 is 6.03 Å². The van der Waals surface area contributed by atoms with Gasteiger partial charge in [0.1, 0.15) is 11.9 Å². The SMILES string of the molecule is Cc1cccc(OC2CN(C(=O)Nc3cc(NS(C)(=O)=O)ccc3C)C2)c1. The number of anilines is 2. The van der Waals surface area contributed by atoms with E-state index in [0.29, 0.717) is 24.5 Å².